The smallest absolute Gasteiger partial charge is 0.238 e. The first-order chi connectivity index (χ1) is 11.6. The van der Waals surface area contributed by atoms with E-state index in [-0.39, 0.29) is 29.5 Å². The van der Waals surface area contributed by atoms with Crippen LogP contribution >= 0.6 is 11.6 Å². The zero-order chi connectivity index (χ0) is 16.7. The van der Waals surface area contributed by atoms with Gasteiger partial charge in [-0.3, -0.25) is 14.3 Å². The first-order valence-corrected chi connectivity index (χ1v) is 8.67. The second-order valence-corrected chi connectivity index (χ2v) is 6.90. The zero-order valence-corrected chi connectivity index (χ0v) is 13.9. The van der Waals surface area contributed by atoms with E-state index < -0.39 is 0 Å². The summed E-state index contributed by atoms with van der Waals surface area (Å²) in [6, 6.07) is 9.86. The van der Waals surface area contributed by atoms with Crippen molar-refractivity contribution in [2.24, 2.45) is 11.8 Å². The second kappa shape index (κ2) is 6.06. The van der Waals surface area contributed by atoms with Gasteiger partial charge in [-0.15, -0.1) is 0 Å². The third-order valence-corrected chi connectivity index (χ3v) is 5.21. The van der Waals surface area contributed by atoms with E-state index in [1.54, 1.807) is 10.9 Å². The van der Waals surface area contributed by atoms with Crippen molar-refractivity contribution in [1.29, 1.82) is 0 Å². The van der Waals surface area contributed by atoms with Gasteiger partial charge in [-0.1, -0.05) is 54.8 Å². The van der Waals surface area contributed by atoms with Gasteiger partial charge in [-0.25, -0.2) is 4.90 Å². The van der Waals surface area contributed by atoms with Crippen molar-refractivity contribution in [3.63, 3.8) is 0 Å². The molecule has 0 radical (unpaired) electrons. The molecule has 6 heteroatoms. The maximum atomic E-state index is 12.7. The van der Waals surface area contributed by atoms with Crippen LogP contribution in [-0.4, -0.2) is 21.6 Å². The molecular weight excluding hydrogens is 326 g/mol. The maximum Gasteiger partial charge on any atom is 0.238 e. The average molecular weight is 344 g/mol. The lowest BCUT2D eigenvalue weighted by Crippen LogP contribution is -2.31. The monoisotopic (exact) mass is 343 g/mol. The molecule has 4 rings (SSSR count). The van der Waals surface area contributed by atoms with Crippen molar-refractivity contribution >= 4 is 29.2 Å². The van der Waals surface area contributed by atoms with Crippen LogP contribution < -0.4 is 4.90 Å². The molecule has 2 aliphatic rings. The number of halogens is 1. The highest BCUT2D eigenvalue weighted by atomic mass is 35.5. The first-order valence-electron chi connectivity index (χ1n) is 8.30. The number of anilines is 1. The summed E-state index contributed by atoms with van der Waals surface area (Å²) in [7, 11) is 0. The van der Waals surface area contributed by atoms with Gasteiger partial charge in [0, 0.05) is 6.20 Å². The Morgan fingerprint density at radius 1 is 1.04 bits per heavy atom. The standard InChI is InChI=1S/C18H18ClN3O2/c19-15-11-21(10-12-6-2-1-3-7-12)20-16(15)22-17(23)13-8-4-5-9-14(13)18(22)24/h1-3,6-7,11,13-14H,4-5,8-10H2/t13-,14+. The molecule has 2 atom stereocenters. The summed E-state index contributed by atoms with van der Waals surface area (Å²) in [5, 5.41) is 4.75. The highest BCUT2D eigenvalue weighted by Crippen LogP contribution is 2.41. The lowest BCUT2D eigenvalue weighted by Gasteiger charge is -2.19. The summed E-state index contributed by atoms with van der Waals surface area (Å²) in [6.07, 6.45) is 5.25. The van der Waals surface area contributed by atoms with Crippen LogP contribution in [0.3, 0.4) is 0 Å². The van der Waals surface area contributed by atoms with Crippen LogP contribution in [0.1, 0.15) is 31.2 Å². The molecule has 124 valence electrons. The van der Waals surface area contributed by atoms with E-state index in [4.69, 9.17) is 11.6 Å². The number of aromatic nitrogens is 2. The molecule has 0 N–H and O–H groups in total. The fourth-order valence-corrected chi connectivity index (χ4v) is 4.00. The van der Waals surface area contributed by atoms with Crippen molar-refractivity contribution in [3.05, 3.63) is 47.1 Å². The highest BCUT2D eigenvalue weighted by molar-refractivity contribution is 6.35. The Hall–Kier alpha value is -2.14. The highest BCUT2D eigenvalue weighted by Gasteiger charge is 2.50. The van der Waals surface area contributed by atoms with Gasteiger partial charge in [-0.05, 0) is 18.4 Å². The SMILES string of the molecule is O=C1[C@H]2CCCC[C@H]2C(=O)N1c1nn(Cc2ccccc2)cc1Cl. The van der Waals surface area contributed by atoms with E-state index in [2.05, 4.69) is 5.10 Å². The Morgan fingerprint density at radius 3 is 2.29 bits per heavy atom. The summed E-state index contributed by atoms with van der Waals surface area (Å²) in [4.78, 5) is 26.5. The lowest BCUT2D eigenvalue weighted by atomic mass is 9.81. The summed E-state index contributed by atoms with van der Waals surface area (Å²) >= 11 is 6.29. The number of benzene rings is 1. The van der Waals surface area contributed by atoms with Gasteiger partial charge in [-0.2, -0.15) is 5.10 Å². The van der Waals surface area contributed by atoms with E-state index in [0.717, 1.165) is 31.2 Å². The Morgan fingerprint density at radius 2 is 1.67 bits per heavy atom. The molecule has 1 saturated carbocycles. The van der Waals surface area contributed by atoms with Crippen LogP contribution in [0.5, 0.6) is 0 Å². The van der Waals surface area contributed by atoms with Crippen molar-refractivity contribution in [2.75, 3.05) is 4.90 Å². The second-order valence-electron chi connectivity index (χ2n) is 6.49. The van der Waals surface area contributed by atoms with Crippen molar-refractivity contribution in [1.82, 2.24) is 9.78 Å². The Labute approximate surface area is 145 Å². The van der Waals surface area contributed by atoms with Crippen LogP contribution in [0, 0.1) is 11.8 Å². The summed E-state index contributed by atoms with van der Waals surface area (Å²) in [5.41, 5.74) is 1.08. The molecule has 1 aromatic carbocycles. The Kier molecular flexibility index (Phi) is 3.88. The molecule has 1 aliphatic heterocycles. The third kappa shape index (κ3) is 2.53. The number of fused-ring (bicyclic) bond motifs is 1. The number of nitrogens with zero attached hydrogens (tertiary/aromatic N) is 3. The molecule has 0 bridgehead atoms. The van der Waals surface area contributed by atoms with Gasteiger partial charge in [0.25, 0.3) is 0 Å². The number of hydrogen-bond donors (Lipinski definition) is 0. The van der Waals surface area contributed by atoms with Gasteiger partial charge in [0.05, 0.1) is 18.4 Å². The first kappa shape index (κ1) is 15.4. The van der Waals surface area contributed by atoms with Crippen LogP contribution in [0.25, 0.3) is 0 Å². The van der Waals surface area contributed by atoms with Gasteiger partial charge in [0.15, 0.2) is 5.82 Å². The van der Waals surface area contributed by atoms with Crippen molar-refractivity contribution in [3.8, 4) is 0 Å². The molecule has 24 heavy (non-hydrogen) atoms. The molecule has 5 nitrogen and oxygen atoms in total. The van der Waals surface area contributed by atoms with Crippen LogP contribution in [0.15, 0.2) is 36.5 Å². The van der Waals surface area contributed by atoms with E-state index in [9.17, 15) is 9.59 Å². The fraction of sp³-hybridized carbons (Fsp3) is 0.389. The third-order valence-electron chi connectivity index (χ3n) is 4.94. The minimum absolute atomic E-state index is 0.142. The van der Waals surface area contributed by atoms with Crippen molar-refractivity contribution in [2.45, 2.75) is 32.2 Å². The molecular formula is C18H18ClN3O2. The summed E-state index contributed by atoms with van der Waals surface area (Å²) in [6.45, 7) is 0.545. The van der Waals surface area contributed by atoms with Crippen LogP contribution in [0.2, 0.25) is 5.02 Å². The molecule has 2 amide bonds. The van der Waals surface area contributed by atoms with Gasteiger partial charge >= 0.3 is 0 Å². The van der Waals surface area contributed by atoms with Crippen LogP contribution in [0.4, 0.5) is 5.82 Å². The van der Waals surface area contributed by atoms with E-state index >= 15 is 0 Å². The molecule has 1 aromatic heterocycles. The Balaban J connectivity index is 1.62. The molecule has 2 aromatic rings. The van der Waals surface area contributed by atoms with Crippen molar-refractivity contribution < 1.29 is 9.59 Å². The predicted octanol–water partition coefficient (Wildman–Crippen LogP) is 3.26. The van der Waals surface area contributed by atoms with Gasteiger partial charge in [0.1, 0.15) is 5.02 Å². The molecule has 2 fully saturated rings. The quantitative estimate of drug-likeness (QED) is 0.804. The van der Waals surface area contributed by atoms with Gasteiger partial charge < -0.3 is 0 Å². The number of imide groups is 1. The fourth-order valence-electron chi connectivity index (χ4n) is 3.76. The average Bonchev–Trinajstić information content (AvgIpc) is 3.07. The minimum atomic E-state index is -0.193. The molecule has 2 heterocycles. The number of hydrogen-bond acceptors (Lipinski definition) is 3. The lowest BCUT2D eigenvalue weighted by molar-refractivity contribution is -0.122. The van der Waals surface area contributed by atoms with Crippen LogP contribution in [-0.2, 0) is 16.1 Å². The number of carbonyl (C=O) groups excluding carboxylic acids is 2. The maximum absolute atomic E-state index is 12.7. The number of rotatable bonds is 3. The molecule has 1 saturated heterocycles. The predicted molar refractivity (Wildman–Crippen MR) is 90.7 cm³/mol. The zero-order valence-electron chi connectivity index (χ0n) is 13.2. The molecule has 1 aliphatic carbocycles. The molecule has 0 spiro atoms. The largest absolute Gasteiger partial charge is 0.274 e. The summed E-state index contributed by atoms with van der Waals surface area (Å²) < 4.78 is 1.68. The van der Waals surface area contributed by atoms with E-state index in [0.29, 0.717) is 11.6 Å². The number of amides is 2. The van der Waals surface area contributed by atoms with E-state index in [1.165, 1.54) is 4.90 Å². The normalized spacial score (nSPS) is 23.6. The van der Waals surface area contributed by atoms with E-state index in [1.807, 2.05) is 30.3 Å². The Bertz CT molecular complexity index is 763. The minimum Gasteiger partial charge on any atom is -0.274 e. The topological polar surface area (TPSA) is 55.2 Å². The number of carbonyl (C=O) groups is 2. The molecule has 0 unspecified atom stereocenters. The summed E-state index contributed by atoms with van der Waals surface area (Å²) in [5.74, 6) is -0.395. The van der Waals surface area contributed by atoms with Gasteiger partial charge in [0.2, 0.25) is 11.8 Å².